The van der Waals surface area contributed by atoms with E-state index < -0.39 is 0 Å². The van der Waals surface area contributed by atoms with E-state index in [1.807, 2.05) is 0 Å². The van der Waals surface area contributed by atoms with E-state index in [-0.39, 0.29) is 0 Å². The number of benzene rings is 2. The number of anilines is 1. The van der Waals surface area contributed by atoms with Gasteiger partial charge in [0.05, 0.1) is 12.7 Å². The van der Waals surface area contributed by atoms with Gasteiger partial charge in [-0.25, -0.2) is 0 Å². The van der Waals surface area contributed by atoms with E-state index in [9.17, 15) is 0 Å². The Labute approximate surface area is 122 Å². The Kier molecular flexibility index (Phi) is 3.58. The number of halogens is 1. The van der Waals surface area contributed by atoms with Crippen molar-refractivity contribution in [2.24, 2.45) is 0 Å². The molecule has 1 aliphatic heterocycles. The van der Waals surface area contributed by atoms with Crippen LogP contribution in [0, 0.1) is 0 Å². The first kappa shape index (κ1) is 12.7. The van der Waals surface area contributed by atoms with Gasteiger partial charge in [-0.2, -0.15) is 0 Å². The fourth-order valence-electron chi connectivity index (χ4n) is 2.66. The monoisotopic (exact) mass is 316 g/mol. The second-order valence-corrected chi connectivity index (χ2v) is 5.97. The molecule has 1 heterocycles. The number of hydrogen-bond donors (Lipinski definition) is 0. The lowest BCUT2D eigenvalue weighted by Crippen LogP contribution is -2.24. The van der Waals surface area contributed by atoms with Gasteiger partial charge in [-0.1, -0.05) is 46.3 Å². The first-order valence-corrected chi connectivity index (χ1v) is 7.29. The summed E-state index contributed by atoms with van der Waals surface area (Å²) in [6, 6.07) is 19.8. The summed E-state index contributed by atoms with van der Waals surface area (Å²) in [5, 5.41) is 0. The molecule has 0 aromatic heterocycles. The summed E-state index contributed by atoms with van der Waals surface area (Å²) in [4.78, 5) is 4.82. The molecule has 98 valence electrons. The standard InChI is InChI=1S/C16H17BrN2/c1-18-11-16(13-5-3-2-4-6-13)19(12-18)15-9-7-14(17)8-10-15/h2-10,16H,11-12H2,1H3. The molecule has 1 saturated heterocycles. The summed E-state index contributed by atoms with van der Waals surface area (Å²) in [7, 11) is 2.18. The van der Waals surface area contributed by atoms with Gasteiger partial charge >= 0.3 is 0 Å². The molecule has 1 fully saturated rings. The van der Waals surface area contributed by atoms with E-state index in [1.54, 1.807) is 0 Å². The van der Waals surface area contributed by atoms with Crippen LogP contribution in [0.4, 0.5) is 5.69 Å². The highest BCUT2D eigenvalue weighted by Gasteiger charge is 2.29. The highest BCUT2D eigenvalue weighted by molar-refractivity contribution is 9.10. The molecule has 0 spiro atoms. The second kappa shape index (κ2) is 5.35. The molecule has 2 nitrogen and oxygen atoms in total. The number of nitrogens with zero attached hydrogens (tertiary/aromatic N) is 2. The van der Waals surface area contributed by atoms with Crippen LogP contribution >= 0.6 is 15.9 Å². The fraction of sp³-hybridized carbons (Fsp3) is 0.250. The van der Waals surface area contributed by atoms with Crippen molar-refractivity contribution < 1.29 is 0 Å². The molecule has 1 unspecified atom stereocenters. The van der Waals surface area contributed by atoms with Crippen molar-refractivity contribution in [3.05, 3.63) is 64.6 Å². The molecular formula is C16H17BrN2. The molecule has 0 radical (unpaired) electrons. The largest absolute Gasteiger partial charge is 0.350 e. The van der Waals surface area contributed by atoms with Crippen molar-refractivity contribution in [3.63, 3.8) is 0 Å². The minimum absolute atomic E-state index is 0.437. The zero-order valence-electron chi connectivity index (χ0n) is 11.0. The van der Waals surface area contributed by atoms with E-state index in [4.69, 9.17) is 0 Å². The normalized spacial score (nSPS) is 19.9. The molecule has 0 aliphatic carbocycles. The Balaban J connectivity index is 1.92. The molecule has 0 amide bonds. The Morgan fingerprint density at radius 1 is 1.00 bits per heavy atom. The maximum atomic E-state index is 3.50. The third kappa shape index (κ3) is 2.67. The molecule has 19 heavy (non-hydrogen) atoms. The predicted octanol–water partition coefficient (Wildman–Crippen LogP) is 3.90. The van der Waals surface area contributed by atoms with E-state index >= 15 is 0 Å². The predicted molar refractivity (Wildman–Crippen MR) is 83.3 cm³/mol. The molecule has 3 rings (SSSR count). The average Bonchev–Trinajstić information content (AvgIpc) is 2.83. The SMILES string of the molecule is CN1CC(c2ccccc2)N(c2ccc(Br)cc2)C1. The summed E-state index contributed by atoms with van der Waals surface area (Å²) < 4.78 is 1.13. The third-order valence-electron chi connectivity index (χ3n) is 3.60. The van der Waals surface area contributed by atoms with Gasteiger partial charge in [-0.05, 0) is 36.9 Å². The second-order valence-electron chi connectivity index (χ2n) is 5.05. The molecular weight excluding hydrogens is 300 g/mol. The highest BCUT2D eigenvalue weighted by Crippen LogP contribution is 2.32. The fourth-order valence-corrected chi connectivity index (χ4v) is 2.93. The van der Waals surface area contributed by atoms with Gasteiger partial charge in [0.1, 0.15) is 0 Å². The summed E-state index contributed by atoms with van der Waals surface area (Å²) in [5.74, 6) is 0. The Morgan fingerprint density at radius 2 is 1.68 bits per heavy atom. The van der Waals surface area contributed by atoms with Gasteiger partial charge < -0.3 is 4.90 Å². The van der Waals surface area contributed by atoms with E-state index in [1.165, 1.54) is 11.3 Å². The average molecular weight is 317 g/mol. The van der Waals surface area contributed by atoms with Gasteiger partial charge in [-0.3, -0.25) is 4.90 Å². The van der Waals surface area contributed by atoms with Crippen molar-refractivity contribution in [3.8, 4) is 0 Å². The maximum absolute atomic E-state index is 3.50. The number of hydrogen-bond acceptors (Lipinski definition) is 2. The maximum Gasteiger partial charge on any atom is 0.0712 e. The van der Waals surface area contributed by atoms with Gasteiger partial charge in [-0.15, -0.1) is 0 Å². The van der Waals surface area contributed by atoms with Crippen LogP contribution < -0.4 is 4.90 Å². The summed E-state index contributed by atoms with van der Waals surface area (Å²) in [5.41, 5.74) is 2.66. The van der Waals surface area contributed by atoms with Crippen LogP contribution in [0.15, 0.2) is 59.1 Å². The number of rotatable bonds is 2. The molecule has 1 aliphatic rings. The molecule has 1 atom stereocenters. The molecule has 0 bridgehead atoms. The lowest BCUT2D eigenvalue weighted by molar-refractivity contribution is 0.411. The van der Waals surface area contributed by atoms with Crippen LogP contribution in [0.5, 0.6) is 0 Å². The molecule has 0 saturated carbocycles. The molecule has 2 aromatic carbocycles. The Morgan fingerprint density at radius 3 is 2.37 bits per heavy atom. The lowest BCUT2D eigenvalue weighted by Gasteiger charge is -2.26. The van der Waals surface area contributed by atoms with Crippen LogP contribution in [-0.2, 0) is 0 Å². The third-order valence-corrected chi connectivity index (χ3v) is 4.13. The minimum Gasteiger partial charge on any atom is -0.350 e. The lowest BCUT2D eigenvalue weighted by atomic mass is 10.1. The first-order chi connectivity index (χ1) is 9.24. The van der Waals surface area contributed by atoms with E-state index in [0.717, 1.165) is 17.7 Å². The van der Waals surface area contributed by atoms with Crippen molar-refractivity contribution in [2.45, 2.75) is 6.04 Å². The zero-order valence-corrected chi connectivity index (χ0v) is 12.5. The molecule has 2 aromatic rings. The number of likely N-dealkylation sites (N-methyl/N-ethyl adjacent to an activating group) is 1. The summed E-state index contributed by atoms with van der Waals surface area (Å²) >= 11 is 3.50. The van der Waals surface area contributed by atoms with Gasteiger partial charge in [0.25, 0.3) is 0 Å². The molecule has 0 N–H and O–H groups in total. The van der Waals surface area contributed by atoms with Gasteiger partial charge in [0.2, 0.25) is 0 Å². The summed E-state index contributed by atoms with van der Waals surface area (Å²) in [6.07, 6.45) is 0. The van der Waals surface area contributed by atoms with Crippen molar-refractivity contribution in [1.82, 2.24) is 4.90 Å². The summed E-state index contributed by atoms with van der Waals surface area (Å²) in [6.45, 7) is 2.04. The Hall–Kier alpha value is -1.32. The Bertz CT molecular complexity index is 538. The van der Waals surface area contributed by atoms with Crippen LogP contribution in [0.3, 0.4) is 0 Å². The first-order valence-electron chi connectivity index (χ1n) is 6.50. The van der Waals surface area contributed by atoms with Crippen LogP contribution in [0.25, 0.3) is 0 Å². The minimum atomic E-state index is 0.437. The highest BCUT2D eigenvalue weighted by atomic mass is 79.9. The van der Waals surface area contributed by atoms with Crippen LogP contribution in [-0.4, -0.2) is 25.2 Å². The zero-order chi connectivity index (χ0) is 13.2. The van der Waals surface area contributed by atoms with E-state index in [0.29, 0.717) is 6.04 Å². The van der Waals surface area contributed by atoms with Crippen molar-refractivity contribution in [1.29, 1.82) is 0 Å². The van der Waals surface area contributed by atoms with Crippen molar-refractivity contribution in [2.75, 3.05) is 25.2 Å². The smallest absolute Gasteiger partial charge is 0.0712 e. The van der Waals surface area contributed by atoms with E-state index in [2.05, 4.69) is 87.4 Å². The molecule has 3 heteroatoms. The van der Waals surface area contributed by atoms with Gasteiger partial charge in [0, 0.05) is 16.7 Å². The van der Waals surface area contributed by atoms with Gasteiger partial charge in [0.15, 0.2) is 0 Å². The van der Waals surface area contributed by atoms with Crippen molar-refractivity contribution >= 4 is 21.6 Å². The van der Waals surface area contributed by atoms with Crippen LogP contribution in [0.2, 0.25) is 0 Å². The topological polar surface area (TPSA) is 6.48 Å². The van der Waals surface area contributed by atoms with Crippen LogP contribution in [0.1, 0.15) is 11.6 Å². The quantitative estimate of drug-likeness (QED) is 0.829.